The van der Waals surface area contributed by atoms with Gasteiger partial charge in [0.15, 0.2) is 0 Å². The highest BCUT2D eigenvalue weighted by Crippen LogP contribution is 2.47. The Bertz CT molecular complexity index is 474. The predicted octanol–water partition coefficient (Wildman–Crippen LogP) is 4.15. The lowest BCUT2D eigenvalue weighted by Gasteiger charge is -2.24. The van der Waals surface area contributed by atoms with Crippen molar-refractivity contribution in [3.05, 3.63) is 23.8 Å². The second kappa shape index (κ2) is 5.98. The van der Waals surface area contributed by atoms with Gasteiger partial charge in [-0.2, -0.15) is 0 Å². The molecule has 2 atom stereocenters. The molecule has 1 aromatic rings. The number of hydrogen-bond acceptors (Lipinski definition) is 3. The van der Waals surface area contributed by atoms with Crippen molar-refractivity contribution in [1.82, 2.24) is 4.90 Å². The number of benzene rings is 1. The third-order valence-corrected chi connectivity index (χ3v) is 5.70. The maximum atomic E-state index is 6.05. The van der Waals surface area contributed by atoms with E-state index in [2.05, 4.69) is 44.0 Å². The molecule has 110 valence electrons. The Hall–Kier alpha value is -0.670. The summed E-state index contributed by atoms with van der Waals surface area (Å²) in [6.45, 7) is 5.49. The van der Waals surface area contributed by atoms with Crippen molar-refractivity contribution in [2.75, 3.05) is 19.3 Å². The maximum absolute atomic E-state index is 6.05. The summed E-state index contributed by atoms with van der Waals surface area (Å²) in [6, 6.07) is 7.30. The SMILES string of the molecule is CC(C)Oc1cccc2c1[C@H](C[C@H]1CCCN1C)CS2. The van der Waals surface area contributed by atoms with Crippen molar-refractivity contribution >= 4 is 11.8 Å². The average Bonchev–Trinajstić information content (AvgIpc) is 2.98. The van der Waals surface area contributed by atoms with Crippen LogP contribution in [0, 0.1) is 0 Å². The van der Waals surface area contributed by atoms with E-state index in [4.69, 9.17) is 4.74 Å². The molecule has 0 aromatic heterocycles. The van der Waals surface area contributed by atoms with E-state index in [0.717, 1.165) is 11.8 Å². The molecule has 0 bridgehead atoms. The van der Waals surface area contributed by atoms with Gasteiger partial charge in [0.25, 0.3) is 0 Å². The molecule has 0 N–H and O–H groups in total. The molecule has 0 amide bonds. The average molecular weight is 291 g/mol. The van der Waals surface area contributed by atoms with Gasteiger partial charge in [-0.15, -0.1) is 11.8 Å². The lowest BCUT2D eigenvalue weighted by atomic mass is 9.92. The van der Waals surface area contributed by atoms with Gasteiger partial charge >= 0.3 is 0 Å². The van der Waals surface area contributed by atoms with Crippen LogP contribution < -0.4 is 4.74 Å². The smallest absolute Gasteiger partial charge is 0.124 e. The van der Waals surface area contributed by atoms with Crippen LogP contribution in [0.1, 0.15) is 44.6 Å². The molecule has 3 rings (SSSR count). The van der Waals surface area contributed by atoms with Gasteiger partial charge in [0.05, 0.1) is 6.10 Å². The molecule has 2 heterocycles. The van der Waals surface area contributed by atoms with Gasteiger partial charge in [-0.25, -0.2) is 0 Å². The highest BCUT2D eigenvalue weighted by Gasteiger charge is 2.32. The summed E-state index contributed by atoms with van der Waals surface area (Å²) in [6.07, 6.45) is 4.26. The van der Waals surface area contributed by atoms with Crippen LogP contribution in [0.2, 0.25) is 0 Å². The van der Waals surface area contributed by atoms with E-state index in [1.165, 1.54) is 42.0 Å². The fourth-order valence-electron chi connectivity index (χ4n) is 3.47. The monoisotopic (exact) mass is 291 g/mol. The molecule has 2 aliphatic rings. The molecule has 1 saturated heterocycles. The number of rotatable bonds is 4. The van der Waals surface area contributed by atoms with Crippen molar-refractivity contribution in [3.63, 3.8) is 0 Å². The molecule has 1 aromatic carbocycles. The van der Waals surface area contributed by atoms with Crippen molar-refractivity contribution in [1.29, 1.82) is 0 Å². The topological polar surface area (TPSA) is 12.5 Å². The molecule has 0 saturated carbocycles. The number of hydrogen-bond donors (Lipinski definition) is 0. The lowest BCUT2D eigenvalue weighted by Crippen LogP contribution is -2.27. The van der Waals surface area contributed by atoms with Crippen molar-refractivity contribution in [3.8, 4) is 5.75 Å². The van der Waals surface area contributed by atoms with Gasteiger partial charge < -0.3 is 9.64 Å². The van der Waals surface area contributed by atoms with E-state index >= 15 is 0 Å². The number of fused-ring (bicyclic) bond motifs is 1. The molecule has 0 spiro atoms. The Kier molecular flexibility index (Phi) is 4.27. The Balaban J connectivity index is 1.80. The summed E-state index contributed by atoms with van der Waals surface area (Å²) in [7, 11) is 2.27. The summed E-state index contributed by atoms with van der Waals surface area (Å²) in [4.78, 5) is 3.97. The highest BCUT2D eigenvalue weighted by molar-refractivity contribution is 7.99. The first kappa shape index (κ1) is 14.3. The molecule has 0 radical (unpaired) electrons. The quantitative estimate of drug-likeness (QED) is 0.827. The zero-order valence-corrected chi connectivity index (χ0v) is 13.6. The van der Waals surface area contributed by atoms with Gasteiger partial charge in [-0.05, 0) is 64.8 Å². The molecule has 20 heavy (non-hydrogen) atoms. The standard InChI is InChI=1S/C17H25NOS/c1-12(2)19-15-7-4-8-16-17(15)13(11-20-16)10-14-6-5-9-18(14)3/h4,7-8,12-14H,5-6,9-11H2,1-3H3/t13-,14-/m1/s1. The van der Waals surface area contributed by atoms with E-state index in [9.17, 15) is 0 Å². The van der Waals surface area contributed by atoms with Crippen LogP contribution in [0.4, 0.5) is 0 Å². The third kappa shape index (κ3) is 2.84. The summed E-state index contributed by atoms with van der Waals surface area (Å²) in [5.41, 5.74) is 1.48. The van der Waals surface area contributed by atoms with Gasteiger partial charge in [0.2, 0.25) is 0 Å². The Labute approximate surface area is 126 Å². The van der Waals surface area contributed by atoms with E-state index in [-0.39, 0.29) is 6.10 Å². The molecule has 1 fully saturated rings. The van der Waals surface area contributed by atoms with E-state index in [1.807, 2.05) is 11.8 Å². The molecule has 0 aliphatic carbocycles. The Morgan fingerprint density at radius 3 is 2.95 bits per heavy atom. The highest BCUT2D eigenvalue weighted by atomic mass is 32.2. The Morgan fingerprint density at radius 2 is 2.25 bits per heavy atom. The van der Waals surface area contributed by atoms with E-state index in [1.54, 1.807) is 0 Å². The molecular weight excluding hydrogens is 266 g/mol. The number of thioether (sulfide) groups is 1. The van der Waals surface area contributed by atoms with Gasteiger partial charge in [0.1, 0.15) is 5.75 Å². The van der Waals surface area contributed by atoms with Gasteiger partial charge in [0, 0.05) is 22.3 Å². The van der Waals surface area contributed by atoms with Crippen LogP contribution in [-0.2, 0) is 0 Å². The summed E-state index contributed by atoms with van der Waals surface area (Å²) in [5.74, 6) is 3.00. The van der Waals surface area contributed by atoms with Crippen molar-refractivity contribution in [2.24, 2.45) is 0 Å². The van der Waals surface area contributed by atoms with Crippen LogP contribution in [0.3, 0.4) is 0 Å². The zero-order valence-electron chi connectivity index (χ0n) is 12.8. The molecule has 0 unspecified atom stereocenters. The zero-order chi connectivity index (χ0) is 14.1. The van der Waals surface area contributed by atoms with Gasteiger partial charge in [-0.3, -0.25) is 0 Å². The third-order valence-electron chi connectivity index (χ3n) is 4.47. The number of nitrogens with zero attached hydrogens (tertiary/aromatic N) is 1. The predicted molar refractivity (Wildman–Crippen MR) is 85.9 cm³/mol. The van der Waals surface area contributed by atoms with Crippen molar-refractivity contribution in [2.45, 2.75) is 56.1 Å². The largest absolute Gasteiger partial charge is 0.491 e. The first-order valence-corrected chi connectivity index (χ1v) is 8.76. The molecule has 3 heteroatoms. The fraction of sp³-hybridized carbons (Fsp3) is 0.647. The molecular formula is C17H25NOS. The van der Waals surface area contributed by atoms with Crippen LogP contribution >= 0.6 is 11.8 Å². The summed E-state index contributed by atoms with van der Waals surface area (Å²) < 4.78 is 6.05. The van der Waals surface area contributed by atoms with Crippen LogP contribution in [0.25, 0.3) is 0 Å². The number of likely N-dealkylation sites (tertiary alicyclic amines) is 1. The van der Waals surface area contributed by atoms with Gasteiger partial charge in [-0.1, -0.05) is 6.07 Å². The van der Waals surface area contributed by atoms with Crippen LogP contribution in [-0.4, -0.2) is 36.4 Å². The second-order valence-electron chi connectivity index (χ2n) is 6.35. The van der Waals surface area contributed by atoms with Crippen LogP contribution in [0.5, 0.6) is 5.75 Å². The minimum atomic E-state index is 0.252. The minimum Gasteiger partial charge on any atom is -0.491 e. The van der Waals surface area contributed by atoms with E-state index < -0.39 is 0 Å². The summed E-state index contributed by atoms with van der Waals surface area (Å²) in [5, 5.41) is 0. The van der Waals surface area contributed by atoms with Crippen molar-refractivity contribution < 1.29 is 4.74 Å². The molecule has 2 nitrogen and oxygen atoms in total. The maximum Gasteiger partial charge on any atom is 0.124 e. The number of ether oxygens (including phenoxy) is 1. The lowest BCUT2D eigenvalue weighted by molar-refractivity contribution is 0.235. The normalized spacial score (nSPS) is 26.2. The first-order valence-electron chi connectivity index (χ1n) is 7.77. The molecule has 2 aliphatic heterocycles. The fourth-order valence-corrected chi connectivity index (χ4v) is 4.75. The second-order valence-corrected chi connectivity index (χ2v) is 7.42. The minimum absolute atomic E-state index is 0.252. The summed E-state index contributed by atoms with van der Waals surface area (Å²) >= 11 is 2.00. The van der Waals surface area contributed by atoms with E-state index in [0.29, 0.717) is 5.92 Å². The Morgan fingerprint density at radius 1 is 1.40 bits per heavy atom. The van der Waals surface area contributed by atoms with Crippen LogP contribution in [0.15, 0.2) is 23.1 Å². The first-order chi connectivity index (χ1) is 9.65.